The number of hydrogen-bond donors (Lipinski definition) is 3. The van der Waals surface area contributed by atoms with Crippen LogP contribution < -0.4 is 0 Å². The van der Waals surface area contributed by atoms with Crippen LogP contribution in [0, 0.1) is 22.7 Å². The minimum Gasteiger partial charge on any atom is -0.444 e. The molecule has 3 rings (SSSR count). The number of aliphatic hydroxyl groups excluding tert-OH is 3. The summed E-state index contributed by atoms with van der Waals surface area (Å²) >= 11 is 0. The van der Waals surface area contributed by atoms with Gasteiger partial charge in [-0.15, -0.1) is 0 Å². The highest BCUT2D eigenvalue weighted by Crippen LogP contribution is 2.78. The highest BCUT2D eigenvalue weighted by atomic mass is 16.8. The maximum Gasteiger partial charge on any atom is 0.336 e. The standard InChI is InChI=1S/C25H34O9/c1-14(2)19(29)32-24(13-28)23(12-27)18(17-7-8-22(23,9-17)11-26)10-25(24,33-20(30)15(3)4)34-21(31)16(5)6/h17-18,26-28H,1,3,5,7-13H2,2,4,6H3. The topological polar surface area (TPSA) is 140 Å². The second-order valence-electron chi connectivity index (χ2n) is 10.1. The predicted molar refractivity (Wildman–Crippen MR) is 120 cm³/mol. The maximum atomic E-state index is 12.9. The van der Waals surface area contributed by atoms with E-state index < -0.39 is 59.3 Å². The normalized spacial score (nSPS) is 34.8. The van der Waals surface area contributed by atoms with Crippen LogP contribution in [0.15, 0.2) is 36.5 Å². The summed E-state index contributed by atoms with van der Waals surface area (Å²) in [4.78, 5) is 38.6. The molecule has 0 radical (unpaired) electrons. The van der Waals surface area contributed by atoms with Gasteiger partial charge in [0, 0.05) is 35.2 Å². The highest BCUT2D eigenvalue weighted by Gasteiger charge is 2.87. The maximum absolute atomic E-state index is 12.9. The average Bonchev–Trinajstić information content (AvgIpc) is 3.39. The van der Waals surface area contributed by atoms with E-state index in [0.29, 0.717) is 19.3 Å². The van der Waals surface area contributed by atoms with E-state index in [1.165, 1.54) is 20.8 Å². The Balaban J connectivity index is 2.36. The van der Waals surface area contributed by atoms with Crippen molar-refractivity contribution in [2.24, 2.45) is 22.7 Å². The molecule has 0 aliphatic heterocycles. The molecule has 0 amide bonds. The summed E-state index contributed by atoms with van der Waals surface area (Å²) in [6, 6.07) is 0. The molecule has 3 aliphatic rings. The molecule has 5 unspecified atom stereocenters. The summed E-state index contributed by atoms with van der Waals surface area (Å²) in [6.07, 6.45) is 1.56. The Morgan fingerprint density at radius 3 is 1.71 bits per heavy atom. The van der Waals surface area contributed by atoms with Gasteiger partial charge < -0.3 is 29.5 Å². The fraction of sp³-hybridized carbons (Fsp3) is 0.640. The zero-order chi connectivity index (χ0) is 25.7. The molecule has 0 aromatic carbocycles. The second-order valence-corrected chi connectivity index (χ2v) is 10.1. The van der Waals surface area contributed by atoms with Crippen LogP contribution in [0.3, 0.4) is 0 Å². The quantitative estimate of drug-likeness (QED) is 0.256. The van der Waals surface area contributed by atoms with Gasteiger partial charge in [-0.1, -0.05) is 19.7 Å². The summed E-state index contributed by atoms with van der Waals surface area (Å²) < 4.78 is 17.4. The molecular formula is C25H34O9. The molecule has 0 aromatic rings. The number of carbonyl (C=O) groups is 3. The fourth-order valence-electron chi connectivity index (χ4n) is 6.72. The smallest absolute Gasteiger partial charge is 0.336 e. The molecule has 0 heterocycles. The lowest BCUT2D eigenvalue weighted by atomic mass is 9.54. The predicted octanol–water partition coefficient (Wildman–Crippen LogP) is 1.56. The molecule has 3 saturated carbocycles. The molecule has 3 aliphatic carbocycles. The first-order valence-corrected chi connectivity index (χ1v) is 11.3. The first-order valence-electron chi connectivity index (χ1n) is 11.3. The molecule has 3 fully saturated rings. The number of rotatable bonds is 9. The van der Waals surface area contributed by atoms with Gasteiger partial charge in [-0.2, -0.15) is 0 Å². The van der Waals surface area contributed by atoms with E-state index in [1.54, 1.807) is 0 Å². The van der Waals surface area contributed by atoms with Crippen molar-refractivity contribution in [3.8, 4) is 0 Å². The van der Waals surface area contributed by atoms with Gasteiger partial charge in [0.1, 0.15) is 0 Å². The fourth-order valence-corrected chi connectivity index (χ4v) is 6.72. The summed E-state index contributed by atoms with van der Waals surface area (Å²) in [6.45, 7) is 13.0. The van der Waals surface area contributed by atoms with E-state index in [9.17, 15) is 29.7 Å². The number of aliphatic hydroxyl groups is 3. The van der Waals surface area contributed by atoms with Gasteiger partial charge in [0.05, 0.1) is 18.6 Å². The Morgan fingerprint density at radius 2 is 1.29 bits per heavy atom. The first-order chi connectivity index (χ1) is 15.8. The van der Waals surface area contributed by atoms with E-state index in [1.807, 2.05) is 0 Å². The SMILES string of the molecule is C=C(C)C(=O)OC1(OC(=O)C(=C)C)CC2C3CCC(CO)(C3)C2(CO)C1(CO)OC(=O)C(=C)C. The van der Waals surface area contributed by atoms with E-state index in [4.69, 9.17) is 14.2 Å². The van der Waals surface area contributed by atoms with Gasteiger partial charge in [0.25, 0.3) is 5.79 Å². The van der Waals surface area contributed by atoms with Crippen molar-refractivity contribution < 1.29 is 43.9 Å². The highest BCUT2D eigenvalue weighted by molar-refractivity contribution is 5.90. The van der Waals surface area contributed by atoms with Gasteiger partial charge in [-0.05, 0) is 51.9 Å². The first kappa shape index (κ1) is 26.1. The molecule has 0 spiro atoms. The zero-order valence-electron chi connectivity index (χ0n) is 20.0. The Labute approximate surface area is 199 Å². The summed E-state index contributed by atoms with van der Waals surface area (Å²) in [5, 5.41) is 32.4. The Hall–Kier alpha value is -2.49. The number of esters is 3. The third-order valence-electron chi connectivity index (χ3n) is 8.22. The van der Waals surface area contributed by atoms with Crippen LogP contribution in [0.4, 0.5) is 0 Å². The Kier molecular flexibility index (Phi) is 6.62. The van der Waals surface area contributed by atoms with Crippen LogP contribution in [0.2, 0.25) is 0 Å². The zero-order valence-corrected chi connectivity index (χ0v) is 20.0. The van der Waals surface area contributed by atoms with E-state index in [0.717, 1.165) is 0 Å². The molecule has 0 aromatic heterocycles. The largest absolute Gasteiger partial charge is 0.444 e. The number of carbonyl (C=O) groups excluding carboxylic acids is 3. The van der Waals surface area contributed by atoms with Crippen molar-refractivity contribution in [2.75, 3.05) is 19.8 Å². The van der Waals surface area contributed by atoms with E-state index in [-0.39, 0.29) is 35.7 Å². The Morgan fingerprint density at radius 1 is 0.794 bits per heavy atom. The van der Waals surface area contributed by atoms with Crippen molar-refractivity contribution in [1.29, 1.82) is 0 Å². The molecule has 9 nitrogen and oxygen atoms in total. The molecule has 3 N–H and O–H groups in total. The number of hydrogen-bond acceptors (Lipinski definition) is 9. The van der Waals surface area contributed by atoms with Gasteiger partial charge in [-0.25, -0.2) is 14.4 Å². The molecule has 34 heavy (non-hydrogen) atoms. The summed E-state index contributed by atoms with van der Waals surface area (Å²) in [5.74, 6) is -5.66. The minimum absolute atomic E-state index is 0.0150. The van der Waals surface area contributed by atoms with Crippen LogP contribution in [-0.2, 0) is 28.6 Å². The van der Waals surface area contributed by atoms with Crippen LogP contribution >= 0.6 is 0 Å². The van der Waals surface area contributed by atoms with E-state index >= 15 is 0 Å². The average molecular weight is 479 g/mol. The van der Waals surface area contributed by atoms with Crippen LogP contribution in [0.25, 0.3) is 0 Å². The van der Waals surface area contributed by atoms with Crippen LogP contribution in [-0.4, -0.2) is 64.4 Å². The molecular weight excluding hydrogens is 444 g/mol. The van der Waals surface area contributed by atoms with Crippen molar-refractivity contribution in [3.05, 3.63) is 36.5 Å². The lowest BCUT2D eigenvalue weighted by Crippen LogP contribution is -2.71. The van der Waals surface area contributed by atoms with Gasteiger partial charge in [0.15, 0.2) is 0 Å². The monoisotopic (exact) mass is 478 g/mol. The van der Waals surface area contributed by atoms with Crippen molar-refractivity contribution in [3.63, 3.8) is 0 Å². The van der Waals surface area contributed by atoms with Crippen LogP contribution in [0.5, 0.6) is 0 Å². The van der Waals surface area contributed by atoms with Gasteiger partial charge in [-0.3, -0.25) is 0 Å². The second kappa shape index (κ2) is 8.62. The minimum atomic E-state index is -2.31. The number of ether oxygens (including phenoxy) is 3. The van der Waals surface area contributed by atoms with Crippen LogP contribution in [0.1, 0.15) is 46.5 Å². The number of fused-ring (bicyclic) bond motifs is 5. The van der Waals surface area contributed by atoms with E-state index in [2.05, 4.69) is 19.7 Å². The molecule has 188 valence electrons. The van der Waals surface area contributed by atoms with Gasteiger partial charge >= 0.3 is 17.9 Å². The third-order valence-corrected chi connectivity index (χ3v) is 8.22. The lowest BCUT2D eigenvalue weighted by molar-refractivity contribution is -0.324. The molecule has 5 atom stereocenters. The van der Waals surface area contributed by atoms with Crippen molar-refractivity contribution in [2.45, 2.75) is 57.8 Å². The van der Waals surface area contributed by atoms with Crippen molar-refractivity contribution >= 4 is 17.9 Å². The molecule has 0 saturated heterocycles. The molecule has 9 heteroatoms. The van der Waals surface area contributed by atoms with Crippen molar-refractivity contribution in [1.82, 2.24) is 0 Å². The summed E-state index contributed by atoms with van der Waals surface area (Å²) in [5.41, 5.74) is -4.72. The lowest BCUT2D eigenvalue weighted by Gasteiger charge is -2.56. The Bertz CT molecular complexity index is 924. The molecule has 2 bridgehead atoms. The third kappa shape index (κ3) is 3.21. The summed E-state index contributed by atoms with van der Waals surface area (Å²) in [7, 11) is 0. The van der Waals surface area contributed by atoms with Gasteiger partial charge in [0.2, 0.25) is 5.60 Å².